The largest absolute Gasteiger partial charge is 0.368 e. The van der Waals surface area contributed by atoms with Crippen molar-refractivity contribution in [2.75, 3.05) is 25.5 Å². The predicted octanol–water partition coefficient (Wildman–Crippen LogP) is 0.559. The Kier molecular flexibility index (Phi) is 4.16. The quantitative estimate of drug-likeness (QED) is 0.861. The number of nitrogens with zero attached hydrogens (tertiary/aromatic N) is 2. The molecule has 1 fully saturated rings. The second kappa shape index (κ2) is 5.83. The van der Waals surface area contributed by atoms with E-state index >= 15 is 0 Å². The van der Waals surface area contributed by atoms with Crippen molar-refractivity contribution >= 4 is 17.6 Å². The van der Waals surface area contributed by atoms with Crippen LogP contribution in [0, 0.1) is 6.92 Å². The molecule has 7 nitrogen and oxygen atoms in total. The van der Waals surface area contributed by atoms with Crippen LogP contribution in [-0.2, 0) is 14.3 Å². The first-order valence-corrected chi connectivity index (χ1v) is 6.16. The van der Waals surface area contributed by atoms with Crippen LogP contribution in [0.4, 0.5) is 5.82 Å². The number of hydrogen-bond acceptors (Lipinski definition) is 5. The zero-order chi connectivity index (χ0) is 13.8. The Bertz CT molecular complexity index is 465. The maximum atomic E-state index is 11.9. The highest BCUT2D eigenvalue weighted by atomic mass is 16.5. The summed E-state index contributed by atoms with van der Waals surface area (Å²) < 4.78 is 10.1. The van der Waals surface area contributed by atoms with Crippen LogP contribution < -0.4 is 5.32 Å². The summed E-state index contributed by atoms with van der Waals surface area (Å²) in [5.74, 6) is 0.477. The fourth-order valence-corrected chi connectivity index (χ4v) is 1.92. The lowest BCUT2D eigenvalue weighted by molar-refractivity contribution is -0.141. The molecule has 1 aliphatic rings. The van der Waals surface area contributed by atoms with Gasteiger partial charge < -0.3 is 19.5 Å². The molecule has 2 rings (SSSR count). The molecular formula is C12H17N3O4. The smallest absolute Gasteiger partial charge is 0.251 e. The van der Waals surface area contributed by atoms with Crippen molar-refractivity contribution in [1.29, 1.82) is 0 Å². The molecule has 1 unspecified atom stereocenters. The van der Waals surface area contributed by atoms with Gasteiger partial charge in [0.25, 0.3) is 5.91 Å². The summed E-state index contributed by atoms with van der Waals surface area (Å²) in [5, 5.41) is 6.21. The van der Waals surface area contributed by atoms with Crippen molar-refractivity contribution in [2.24, 2.45) is 0 Å². The number of rotatable bonds is 4. The van der Waals surface area contributed by atoms with Crippen LogP contribution in [0.2, 0.25) is 0 Å². The number of carbonyl (C=O) groups is 2. The topological polar surface area (TPSA) is 84.7 Å². The van der Waals surface area contributed by atoms with E-state index in [-0.39, 0.29) is 18.4 Å². The fourth-order valence-electron chi connectivity index (χ4n) is 1.92. The molecule has 0 saturated carbocycles. The van der Waals surface area contributed by atoms with Crippen LogP contribution >= 0.6 is 0 Å². The molecule has 1 atom stereocenters. The third kappa shape index (κ3) is 3.54. The number of hydrogen-bond donors (Lipinski definition) is 1. The van der Waals surface area contributed by atoms with Crippen LogP contribution in [0.1, 0.15) is 18.6 Å². The number of aryl methyl sites for hydroxylation is 1. The lowest BCUT2D eigenvalue weighted by atomic mass is 10.2. The summed E-state index contributed by atoms with van der Waals surface area (Å²) in [6, 6.07) is 1.61. The van der Waals surface area contributed by atoms with E-state index in [0.717, 1.165) is 6.42 Å². The lowest BCUT2D eigenvalue weighted by Crippen LogP contribution is -2.40. The SMILES string of the molecule is Cc1cc(NC(=O)CN(C)C(=O)C2CCCO2)no1. The van der Waals surface area contributed by atoms with E-state index in [1.54, 1.807) is 20.0 Å². The molecular weight excluding hydrogens is 250 g/mol. The highest BCUT2D eigenvalue weighted by molar-refractivity contribution is 5.94. The average molecular weight is 267 g/mol. The first-order chi connectivity index (χ1) is 9.06. The molecule has 7 heteroatoms. The van der Waals surface area contributed by atoms with Crippen molar-refractivity contribution in [3.8, 4) is 0 Å². The number of amides is 2. The van der Waals surface area contributed by atoms with Gasteiger partial charge in [-0.15, -0.1) is 0 Å². The van der Waals surface area contributed by atoms with Crippen molar-refractivity contribution in [1.82, 2.24) is 10.1 Å². The third-order valence-corrected chi connectivity index (χ3v) is 2.86. The molecule has 1 N–H and O–H groups in total. The van der Waals surface area contributed by atoms with Gasteiger partial charge in [0.05, 0.1) is 6.54 Å². The fraction of sp³-hybridized carbons (Fsp3) is 0.583. The summed E-state index contributed by atoms with van der Waals surface area (Å²) in [7, 11) is 1.58. The van der Waals surface area contributed by atoms with Gasteiger partial charge in [0.15, 0.2) is 5.82 Å². The minimum atomic E-state index is -0.410. The minimum Gasteiger partial charge on any atom is -0.368 e. The van der Waals surface area contributed by atoms with E-state index in [2.05, 4.69) is 10.5 Å². The molecule has 1 aromatic rings. The summed E-state index contributed by atoms with van der Waals surface area (Å²) in [4.78, 5) is 25.0. The van der Waals surface area contributed by atoms with E-state index in [9.17, 15) is 9.59 Å². The van der Waals surface area contributed by atoms with E-state index in [4.69, 9.17) is 9.26 Å². The van der Waals surface area contributed by atoms with Gasteiger partial charge in [0.2, 0.25) is 5.91 Å². The van der Waals surface area contributed by atoms with Gasteiger partial charge >= 0.3 is 0 Å². The first-order valence-electron chi connectivity index (χ1n) is 6.16. The standard InChI is InChI=1S/C12H17N3O4/c1-8-6-10(14-19-8)13-11(16)7-15(2)12(17)9-4-3-5-18-9/h6,9H,3-5,7H2,1-2H3,(H,13,14,16). The number of nitrogens with one attached hydrogen (secondary N) is 1. The Morgan fingerprint density at radius 3 is 2.95 bits per heavy atom. The van der Waals surface area contributed by atoms with Crippen LogP contribution in [0.5, 0.6) is 0 Å². The highest BCUT2D eigenvalue weighted by Gasteiger charge is 2.27. The van der Waals surface area contributed by atoms with Crippen LogP contribution in [-0.4, -0.2) is 48.2 Å². The first kappa shape index (κ1) is 13.5. The van der Waals surface area contributed by atoms with Crippen molar-refractivity contribution in [2.45, 2.75) is 25.9 Å². The Morgan fingerprint density at radius 1 is 1.58 bits per heavy atom. The zero-order valence-electron chi connectivity index (χ0n) is 11.0. The van der Waals surface area contributed by atoms with E-state index in [1.807, 2.05) is 0 Å². The number of anilines is 1. The summed E-state index contributed by atoms with van der Waals surface area (Å²) in [5.41, 5.74) is 0. The van der Waals surface area contributed by atoms with Crippen LogP contribution in [0.15, 0.2) is 10.6 Å². The van der Waals surface area contributed by atoms with E-state index in [1.165, 1.54) is 4.90 Å². The third-order valence-electron chi connectivity index (χ3n) is 2.86. The van der Waals surface area contributed by atoms with Gasteiger partial charge in [-0.25, -0.2) is 0 Å². The molecule has 1 aliphatic heterocycles. The molecule has 2 amide bonds. The average Bonchev–Trinajstić information content (AvgIpc) is 2.99. The van der Waals surface area contributed by atoms with E-state index in [0.29, 0.717) is 24.6 Å². The molecule has 1 saturated heterocycles. The van der Waals surface area contributed by atoms with Gasteiger partial charge in [-0.05, 0) is 19.8 Å². The van der Waals surface area contributed by atoms with Gasteiger partial charge in [-0.2, -0.15) is 0 Å². The summed E-state index contributed by atoms with van der Waals surface area (Å²) in [6.45, 7) is 2.30. The Balaban J connectivity index is 1.82. The van der Waals surface area contributed by atoms with Crippen molar-refractivity contribution < 1.29 is 18.8 Å². The monoisotopic (exact) mass is 267 g/mol. The van der Waals surface area contributed by atoms with Crippen molar-refractivity contribution in [3.63, 3.8) is 0 Å². The lowest BCUT2D eigenvalue weighted by Gasteiger charge is -2.19. The van der Waals surface area contributed by atoms with E-state index < -0.39 is 6.10 Å². The molecule has 2 heterocycles. The Labute approximate surface area is 110 Å². The molecule has 104 valence electrons. The van der Waals surface area contributed by atoms with Crippen LogP contribution in [0.25, 0.3) is 0 Å². The Morgan fingerprint density at radius 2 is 2.37 bits per heavy atom. The number of carbonyl (C=O) groups excluding carboxylic acids is 2. The predicted molar refractivity (Wildman–Crippen MR) is 66.5 cm³/mol. The van der Waals surface area contributed by atoms with Crippen molar-refractivity contribution in [3.05, 3.63) is 11.8 Å². The van der Waals surface area contributed by atoms with Gasteiger partial charge in [0.1, 0.15) is 11.9 Å². The minimum absolute atomic E-state index is 0.0371. The summed E-state index contributed by atoms with van der Waals surface area (Å²) in [6.07, 6.45) is 1.19. The maximum absolute atomic E-state index is 11.9. The maximum Gasteiger partial charge on any atom is 0.251 e. The van der Waals surface area contributed by atoms with Crippen LogP contribution in [0.3, 0.4) is 0 Å². The van der Waals surface area contributed by atoms with Gasteiger partial charge in [-0.1, -0.05) is 5.16 Å². The second-order valence-corrected chi connectivity index (χ2v) is 4.57. The molecule has 0 aromatic carbocycles. The molecule has 0 spiro atoms. The number of aromatic nitrogens is 1. The van der Waals surface area contributed by atoms with Gasteiger partial charge in [-0.3, -0.25) is 9.59 Å². The Hall–Kier alpha value is -1.89. The second-order valence-electron chi connectivity index (χ2n) is 4.57. The summed E-state index contributed by atoms with van der Waals surface area (Å²) >= 11 is 0. The molecule has 0 aliphatic carbocycles. The van der Waals surface area contributed by atoms with Gasteiger partial charge in [0, 0.05) is 19.7 Å². The normalized spacial score (nSPS) is 18.3. The molecule has 19 heavy (non-hydrogen) atoms. The number of likely N-dealkylation sites (N-methyl/N-ethyl adjacent to an activating group) is 1. The number of ether oxygens (including phenoxy) is 1. The molecule has 0 radical (unpaired) electrons. The zero-order valence-corrected chi connectivity index (χ0v) is 11.0. The highest BCUT2D eigenvalue weighted by Crippen LogP contribution is 2.14. The molecule has 0 bridgehead atoms. The molecule has 1 aromatic heterocycles.